The Balaban J connectivity index is 1.74. The van der Waals surface area contributed by atoms with Crippen LogP contribution >= 0.6 is 0 Å². The van der Waals surface area contributed by atoms with Crippen LogP contribution in [0.3, 0.4) is 0 Å². The van der Waals surface area contributed by atoms with E-state index in [-0.39, 0.29) is 23.4 Å². The Morgan fingerprint density at radius 2 is 2.16 bits per heavy atom. The van der Waals surface area contributed by atoms with Crippen molar-refractivity contribution in [1.29, 1.82) is 0 Å². The van der Waals surface area contributed by atoms with E-state index >= 15 is 0 Å². The second kappa shape index (κ2) is 8.35. The third kappa shape index (κ3) is 4.36. The lowest BCUT2D eigenvalue weighted by Gasteiger charge is -2.24. The topological polar surface area (TPSA) is 109 Å². The van der Waals surface area contributed by atoms with Crippen LogP contribution in [-0.4, -0.2) is 45.4 Å². The number of fused-ring (bicyclic) bond motifs is 1. The Morgan fingerprint density at radius 3 is 2.94 bits per heavy atom. The Morgan fingerprint density at radius 1 is 1.35 bits per heavy atom. The van der Waals surface area contributed by atoms with E-state index in [0.29, 0.717) is 48.6 Å². The van der Waals surface area contributed by atoms with Gasteiger partial charge in [0.1, 0.15) is 17.2 Å². The lowest BCUT2D eigenvalue weighted by atomic mass is 10.1. The van der Waals surface area contributed by atoms with Crippen LogP contribution in [0.1, 0.15) is 26.0 Å². The van der Waals surface area contributed by atoms with Gasteiger partial charge in [0, 0.05) is 57.5 Å². The number of hydrogen-bond donors (Lipinski definition) is 2. The predicted molar refractivity (Wildman–Crippen MR) is 116 cm³/mol. The highest BCUT2D eigenvalue weighted by atomic mass is 16.3. The fourth-order valence-electron chi connectivity index (χ4n) is 3.81. The molecule has 1 fully saturated rings. The van der Waals surface area contributed by atoms with Crippen LogP contribution < -0.4 is 16.2 Å². The van der Waals surface area contributed by atoms with Gasteiger partial charge in [-0.05, 0) is 30.7 Å². The van der Waals surface area contributed by atoms with Gasteiger partial charge in [0.05, 0.1) is 11.9 Å². The molecule has 4 heterocycles. The summed E-state index contributed by atoms with van der Waals surface area (Å²) in [6, 6.07) is 5.49. The van der Waals surface area contributed by atoms with Gasteiger partial charge in [-0.25, -0.2) is 4.98 Å². The summed E-state index contributed by atoms with van der Waals surface area (Å²) < 4.78 is 7.68. The number of amides is 2. The second-order valence-electron chi connectivity index (χ2n) is 7.90. The summed E-state index contributed by atoms with van der Waals surface area (Å²) in [6.45, 7) is 5.18. The van der Waals surface area contributed by atoms with Gasteiger partial charge in [0.15, 0.2) is 0 Å². The van der Waals surface area contributed by atoms with Crippen LogP contribution in [0.2, 0.25) is 0 Å². The van der Waals surface area contributed by atoms with Gasteiger partial charge >= 0.3 is 0 Å². The number of aromatic nitrogens is 2. The lowest BCUT2D eigenvalue weighted by Crippen LogP contribution is -2.37. The molecule has 9 nitrogen and oxygen atoms in total. The molecule has 1 saturated heterocycles. The van der Waals surface area contributed by atoms with Gasteiger partial charge in [-0.2, -0.15) is 0 Å². The minimum atomic E-state index is -0.213. The van der Waals surface area contributed by atoms with Gasteiger partial charge in [0.2, 0.25) is 11.8 Å². The number of nitrogens with zero attached hydrogens (tertiary/aromatic N) is 3. The number of hydrogen-bond acceptors (Lipinski definition) is 6. The zero-order valence-corrected chi connectivity index (χ0v) is 17.8. The van der Waals surface area contributed by atoms with E-state index in [1.54, 1.807) is 37.6 Å². The Labute approximate surface area is 179 Å². The van der Waals surface area contributed by atoms with Crippen LogP contribution in [0.5, 0.6) is 0 Å². The fourth-order valence-corrected chi connectivity index (χ4v) is 3.81. The molecule has 9 heteroatoms. The van der Waals surface area contributed by atoms with Crippen LogP contribution in [-0.2, 0) is 23.2 Å². The first-order valence-electron chi connectivity index (χ1n) is 10.2. The molecule has 0 bridgehead atoms. The molecule has 4 rings (SSSR count). The molecule has 2 amide bonds. The zero-order chi connectivity index (χ0) is 22.1. The van der Waals surface area contributed by atoms with Crippen molar-refractivity contribution >= 4 is 28.6 Å². The van der Waals surface area contributed by atoms with E-state index in [1.807, 2.05) is 0 Å². The number of carbonyl (C=O) groups is 2. The smallest absolute Gasteiger partial charge is 0.261 e. The molecule has 0 saturated carbocycles. The monoisotopic (exact) mass is 423 g/mol. The molecular weight excluding hydrogens is 398 g/mol. The maximum atomic E-state index is 12.8. The van der Waals surface area contributed by atoms with Crippen LogP contribution in [0.4, 0.5) is 5.82 Å². The second-order valence-corrected chi connectivity index (χ2v) is 7.90. The molecule has 3 aromatic rings. The summed E-state index contributed by atoms with van der Waals surface area (Å²) in [7, 11) is 1.70. The molecule has 1 atom stereocenters. The summed E-state index contributed by atoms with van der Waals surface area (Å²) in [4.78, 5) is 42.2. The normalized spacial score (nSPS) is 17.4. The molecule has 3 aromatic heterocycles. The van der Waals surface area contributed by atoms with E-state index in [2.05, 4.69) is 27.4 Å². The molecular formula is C22H25N5O4. The molecule has 0 radical (unpaired) electrons. The number of aryl methyl sites for hydroxylation is 1. The van der Waals surface area contributed by atoms with Gasteiger partial charge in [-0.1, -0.05) is 0 Å². The van der Waals surface area contributed by atoms with E-state index in [0.717, 1.165) is 11.1 Å². The average molecular weight is 423 g/mol. The first-order chi connectivity index (χ1) is 14.8. The van der Waals surface area contributed by atoms with Crippen LogP contribution in [0, 0.1) is 0 Å². The summed E-state index contributed by atoms with van der Waals surface area (Å²) in [5.74, 6) is 0.920. The van der Waals surface area contributed by atoms with Crippen molar-refractivity contribution in [3.8, 4) is 11.1 Å². The third-order valence-electron chi connectivity index (χ3n) is 5.48. The van der Waals surface area contributed by atoms with Crippen molar-refractivity contribution < 1.29 is 14.0 Å². The number of furan rings is 1. The largest absolute Gasteiger partial charge is 0.459 e. The van der Waals surface area contributed by atoms with Crippen molar-refractivity contribution in [2.75, 3.05) is 18.4 Å². The summed E-state index contributed by atoms with van der Waals surface area (Å²) in [5, 5.41) is 6.07. The molecule has 1 aliphatic heterocycles. The molecule has 0 spiro atoms. The average Bonchev–Trinajstić information content (AvgIpc) is 3.08. The maximum absolute atomic E-state index is 12.8. The van der Waals surface area contributed by atoms with Gasteiger partial charge < -0.3 is 19.6 Å². The Bertz CT molecular complexity index is 1210. The van der Waals surface area contributed by atoms with Gasteiger partial charge in [0.25, 0.3) is 5.56 Å². The minimum absolute atomic E-state index is 0.0442. The highest BCUT2D eigenvalue weighted by Crippen LogP contribution is 2.30. The van der Waals surface area contributed by atoms with E-state index in [4.69, 9.17) is 4.42 Å². The molecule has 2 N–H and O–H groups in total. The number of anilines is 1. The lowest BCUT2D eigenvalue weighted by molar-refractivity contribution is -0.120. The highest BCUT2D eigenvalue weighted by Gasteiger charge is 2.23. The van der Waals surface area contributed by atoms with Crippen molar-refractivity contribution in [1.82, 2.24) is 19.8 Å². The first kappa shape index (κ1) is 20.8. The standard InChI is InChI=1S/C22H25N5O4/c1-13-10-24-20(29)5-7-27(13)11-16-9-17-21(31-16)18(12-26(3)22(17)30)15-4-6-23-19(8-15)25-14(2)28/h4,6,8-9,12-13H,5,7,10-11H2,1-3H3,(H,24,29)(H,23,25,28). The van der Waals surface area contributed by atoms with Crippen molar-refractivity contribution in [2.45, 2.75) is 32.9 Å². The van der Waals surface area contributed by atoms with Crippen LogP contribution in [0.15, 0.2) is 39.8 Å². The number of carbonyl (C=O) groups excluding carboxylic acids is 2. The number of pyridine rings is 2. The number of nitrogens with one attached hydrogen (secondary N) is 2. The predicted octanol–water partition coefficient (Wildman–Crippen LogP) is 1.86. The summed E-state index contributed by atoms with van der Waals surface area (Å²) in [6.07, 6.45) is 3.76. The molecule has 0 aromatic carbocycles. The molecule has 162 valence electrons. The maximum Gasteiger partial charge on any atom is 0.261 e. The minimum Gasteiger partial charge on any atom is -0.459 e. The SMILES string of the molecule is CC(=O)Nc1cc(-c2cn(C)c(=O)c3cc(CN4CCC(=O)NCC4C)oc23)ccn1. The van der Waals surface area contributed by atoms with E-state index in [9.17, 15) is 14.4 Å². The number of rotatable bonds is 4. The molecule has 0 aliphatic carbocycles. The summed E-state index contributed by atoms with van der Waals surface area (Å²) in [5.41, 5.74) is 1.86. The fraction of sp³-hybridized carbons (Fsp3) is 0.364. The van der Waals surface area contributed by atoms with Crippen molar-refractivity contribution in [3.05, 3.63) is 46.7 Å². The molecule has 1 aliphatic rings. The summed E-state index contributed by atoms with van der Waals surface area (Å²) >= 11 is 0. The van der Waals surface area contributed by atoms with E-state index < -0.39 is 0 Å². The quantitative estimate of drug-likeness (QED) is 0.663. The first-order valence-corrected chi connectivity index (χ1v) is 10.2. The van der Waals surface area contributed by atoms with Gasteiger partial charge in [-0.3, -0.25) is 19.3 Å². The molecule has 1 unspecified atom stereocenters. The molecule has 31 heavy (non-hydrogen) atoms. The van der Waals surface area contributed by atoms with Crippen molar-refractivity contribution in [3.63, 3.8) is 0 Å². The Hall–Kier alpha value is -3.46. The van der Waals surface area contributed by atoms with Crippen molar-refractivity contribution in [2.24, 2.45) is 7.05 Å². The van der Waals surface area contributed by atoms with Crippen LogP contribution in [0.25, 0.3) is 22.1 Å². The third-order valence-corrected chi connectivity index (χ3v) is 5.48. The van der Waals surface area contributed by atoms with Gasteiger partial charge in [-0.15, -0.1) is 0 Å². The highest BCUT2D eigenvalue weighted by molar-refractivity contribution is 5.93. The van der Waals surface area contributed by atoms with E-state index in [1.165, 1.54) is 11.5 Å². The Kier molecular flexibility index (Phi) is 5.60. The zero-order valence-electron chi connectivity index (χ0n) is 17.8.